The fraction of sp³-hybridized carbons (Fsp3) is 0.385. The molecule has 0 saturated heterocycles. The lowest BCUT2D eigenvalue weighted by molar-refractivity contribution is 0.0748. The summed E-state index contributed by atoms with van der Waals surface area (Å²) in [7, 11) is 0. The Morgan fingerprint density at radius 1 is 1.53 bits per heavy atom. The Kier molecular flexibility index (Phi) is 4.81. The van der Waals surface area contributed by atoms with Gasteiger partial charge in [0.25, 0.3) is 5.91 Å². The largest absolute Gasteiger partial charge is 0.393 e. The van der Waals surface area contributed by atoms with Crippen LogP contribution in [0.15, 0.2) is 22.7 Å². The van der Waals surface area contributed by atoms with E-state index >= 15 is 0 Å². The predicted octanol–water partition coefficient (Wildman–Crippen LogP) is 3.38. The predicted molar refractivity (Wildman–Crippen MR) is 84.6 cm³/mol. The van der Waals surface area contributed by atoms with Crippen molar-refractivity contribution in [1.82, 2.24) is 4.90 Å². The van der Waals surface area contributed by atoms with Crippen LogP contribution in [-0.4, -0.2) is 28.4 Å². The molecule has 0 aliphatic heterocycles. The zero-order valence-corrected chi connectivity index (χ0v) is 13.4. The molecule has 0 spiro atoms. The van der Waals surface area contributed by atoms with Crippen LogP contribution in [0.3, 0.4) is 0 Å². The molecule has 0 atom stereocenters. The molecule has 6 heteroatoms. The molecule has 0 unspecified atom stereocenters. The fourth-order valence-corrected chi connectivity index (χ4v) is 2.45. The molecule has 0 radical (unpaired) electrons. The molecule has 102 valence electrons. The standard InChI is InChI=1S/C13H14BrClN2OS/c14-10-7-8(1-4-11(10)15)13(18)17(9-2-3-9)6-5-12(16)19/h1,4,7,9H,2-3,5-6H2,(H2,16,19). The van der Waals surface area contributed by atoms with E-state index < -0.39 is 0 Å². The minimum atomic E-state index is 0.0103. The maximum absolute atomic E-state index is 12.5. The van der Waals surface area contributed by atoms with Gasteiger partial charge in [-0.1, -0.05) is 23.8 Å². The Morgan fingerprint density at radius 3 is 2.74 bits per heavy atom. The molecule has 2 N–H and O–H groups in total. The van der Waals surface area contributed by atoms with Gasteiger partial charge in [0, 0.05) is 29.0 Å². The van der Waals surface area contributed by atoms with Gasteiger partial charge in [-0.15, -0.1) is 0 Å². The molecule has 1 aromatic carbocycles. The van der Waals surface area contributed by atoms with Gasteiger partial charge in [-0.2, -0.15) is 0 Å². The number of carbonyl (C=O) groups is 1. The fourth-order valence-electron chi connectivity index (χ4n) is 1.86. The molecular weight excluding hydrogens is 348 g/mol. The highest BCUT2D eigenvalue weighted by Crippen LogP contribution is 2.30. The SMILES string of the molecule is NC(=S)CCN(C(=O)c1ccc(Cl)c(Br)c1)C1CC1. The first kappa shape index (κ1) is 14.8. The van der Waals surface area contributed by atoms with Gasteiger partial charge in [0.1, 0.15) is 0 Å². The van der Waals surface area contributed by atoms with Crippen LogP contribution in [0.5, 0.6) is 0 Å². The van der Waals surface area contributed by atoms with Crippen molar-refractivity contribution in [2.24, 2.45) is 5.73 Å². The second-order valence-electron chi connectivity index (χ2n) is 4.57. The lowest BCUT2D eigenvalue weighted by atomic mass is 10.2. The molecular formula is C13H14BrClN2OS. The Bertz CT molecular complexity index is 519. The van der Waals surface area contributed by atoms with Crippen LogP contribution < -0.4 is 5.73 Å². The summed E-state index contributed by atoms with van der Waals surface area (Å²) >= 11 is 14.1. The van der Waals surface area contributed by atoms with Crippen LogP contribution in [0.25, 0.3) is 0 Å². The minimum absolute atomic E-state index is 0.0103. The molecule has 1 fully saturated rings. The molecule has 19 heavy (non-hydrogen) atoms. The first-order valence-electron chi connectivity index (χ1n) is 6.03. The minimum Gasteiger partial charge on any atom is -0.393 e. The molecule has 1 saturated carbocycles. The summed E-state index contributed by atoms with van der Waals surface area (Å²) in [5, 5.41) is 0.595. The molecule has 0 bridgehead atoms. The first-order chi connectivity index (χ1) is 8.99. The molecule has 0 aromatic heterocycles. The number of rotatable bonds is 5. The summed E-state index contributed by atoms with van der Waals surface area (Å²) in [5.41, 5.74) is 6.14. The number of amides is 1. The number of nitrogens with two attached hydrogens (primary N) is 1. The summed E-state index contributed by atoms with van der Waals surface area (Å²) < 4.78 is 0.727. The average Bonchev–Trinajstić information content (AvgIpc) is 3.16. The van der Waals surface area contributed by atoms with Crippen molar-refractivity contribution in [1.29, 1.82) is 0 Å². The van der Waals surface area contributed by atoms with E-state index in [0.29, 0.717) is 34.6 Å². The van der Waals surface area contributed by atoms with E-state index in [-0.39, 0.29) is 5.91 Å². The third-order valence-electron chi connectivity index (χ3n) is 3.01. The lowest BCUT2D eigenvalue weighted by Crippen LogP contribution is -2.35. The summed E-state index contributed by atoms with van der Waals surface area (Å²) in [6, 6.07) is 5.54. The van der Waals surface area contributed by atoms with Crippen molar-refractivity contribution in [3.05, 3.63) is 33.3 Å². The van der Waals surface area contributed by atoms with Gasteiger partial charge in [0.2, 0.25) is 0 Å². The van der Waals surface area contributed by atoms with Crippen molar-refractivity contribution >= 4 is 50.6 Å². The highest BCUT2D eigenvalue weighted by molar-refractivity contribution is 9.10. The normalized spacial score (nSPS) is 14.2. The first-order valence-corrected chi connectivity index (χ1v) is 7.61. The number of carbonyl (C=O) groups excluding carboxylic acids is 1. The lowest BCUT2D eigenvalue weighted by Gasteiger charge is -2.22. The van der Waals surface area contributed by atoms with Crippen LogP contribution in [0.4, 0.5) is 0 Å². The molecule has 2 rings (SSSR count). The monoisotopic (exact) mass is 360 g/mol. The summed E-state index contributed by atoms with van der Waals surface area (Å²) in [6.45, 7) is 0.582. The molecule has 1 aliphatic rings. The van der Waals surface area contributed by atoms with Crippen LogP contribution in [0, 0.1) is 0 Å². The highest BCUT2D eigenvalue weighted by atomic mass is 79.9. The van der Waals surface area contributed by atoms with E-state index in [1.54, 1.807) is 18.2 Å². The molecule has 3 nitrogen and oxygen atoms in total. The van der Waals surface area contributed by atoms with E-state index in [9.17, 15) is 4.79 Å². The van der Waals surface area contributed by atoms with Gasteiger partial charge < -0.3 is 10.6 Å². The summed E-state index contributed by atoms with van der Waals surface area (Å²) in [6.07, 6.45) is 2.67. The van der Waals surface area contributed by atoms with E-state index in [1.807, 2.05) is 4.90 Å². The van der Waals surface area contributed by atoms with Crippen molar-refractivity contribution in [2.45, 2.75) is 25.3 Å². The molecule has 0 heterocycles. The van der Waals surface area contributed by atoms with E-state index in [1.165, 1.54) is 0 Å². The van der Waals surface area contributed by atoms with Crippen molar-refractivity contribution in [2.75, 3.05) is 6.54 Å². The Hall–Kier alpha value is -0.650. The number of hydrogen-bond donors (Lipinski definition) is 1. The maximum Gasteiger partial charge on any atom is 0.254 e. The Balaban J connectivity index is 2.14. The van der Waals surface area contributed by atoms with Gasteiger partial charge in [-0.05, 0) is 47.0 Å². The third kappa shape index (κ3) is 3.91. The second-order valence-corrected chi connectivity index (χ2v) is 6.36. The van der Waals surface area contributed by atoms with Crippen LogP contribution in [0.1, 0.15) is 29.6 Å². The van der Waals surface area contributed by atoms with Gasteiger partial charge in [0.15, 0.2) is 0 Å². The maximum atomic E-state index is 12.5. The highest BCUT2D eigenvalue weighted by Gasteiger charge is 2.32. The van der Waals surface area contributed by atoms with Gasteiger partial charge in [-0.25, -0.2) is 0 Å². The Morgan fingerprint density at radius 2 is 2.21 bits per heavy atom. The quantitative estimate of drug-likeness (QED) is 0.818. The third-order valence-corrected chi connectivity index (χ3v) is 4.43. The number of thiocarbonyl (C=S) groups is 1. The number of benzene rings is 1. The topological polar surface area (TPSA) is 46.3 Å². The number of nitrogens with zero attached hydrogens (tertiary/aromatic N) is 1. The van der Waals surface area contributed by atoms with Gasteiger partial charge in [0.05, 0.1) is 10.0 Å². The summed E-state index contributed by atoms with van der Waals surface area (Å²) in [4.78, 5) is 14.8. The molecule has 1 aromatic rings. The van der Waals surface area contributed by atoms with E-state index in [0.717, 1.165) is 17.3 Å². The average molecular weight is 362 g/mol. The summed E-state index contributed by atoms with van der Waals surface area (Å²) in [5.74, 6) is 0.0103. The second kappa shape index (κ2) is 6.20. The number of hydrogen-bond acceptors (Lipinski definition) is 2. The number of halogens is 2. The van der Waals surface area contributed by atoms with E-state index in [4.69, 9.17) is 29.6 Å². The molecule has 1 aliphatic carbocycles. The van der Waals surface area contributed by atoms with Crippen molar-refractivity contribution in [3.8, 4) is 0 Å². The van der Waals surface area contributed by atoms with Gasteiger partial charge >= 0.3 is 0 Å². The molecule has 1 amide bonds. The van der Waals surface area contributed by atoms with Crippen molar-refractivity contribution in [3.63, 3.8) is 0 Å². The Labute approximate surface area is 131 Å². The smallest absolute Gasteiger partial charge is 0.254 e. The van der Waals surface area contributed by atoms with Crippen LogP contribution in [-0.2, 0) is 0 Å². The zero-order chi connectivity index (χ0) is 14.0. The van der Waals surface area contributed by atoms with E-state index in [2.05, 4.69) is 15.9 Å². The van der Waals surface area contributed by atoms with Crippen LogP contribution >= 0.6 is 39.7 Å². The van der Waals surface area contributed by atoms with Crippen molar-refractivity contribution < 1.29 is 4.79 Å². The van der Waals surface area contributed by atoms with Gasteiger partial charge in [-0.3, -0.25) is 4.79 Å². The van der Waals surface area contributed by atoms with Crippen LogP contribution in [0.2, 0.25) is 5.02 Å². The zero-order valence-electron chi connectivity index (χ0n) is 10.2.